The molecule has 0 aliphatic carbocycles. The molecule has 0 N–H and O–H groups in total. The first kappa shape index (κ1) is 36.3. The van der Waals surface area contributed by atoms with Gasteiger partial charge in [0.2, 0.25) is 0 Å². The minimum atomic E-state index is -0.181. The molecule has 298 valence electrons. The molecule has 0 bridgehead atoms. The SMILES string of the molecule is c1ccc(-c2ccc(N3B4c5cc(-c6ccccc6)ccc5N(c5ccc(-c6ccccc6)cc5)c5cc6oc7ccccc7c6c(c54)-c4cc(-c5ccccc5)ccc43)cc2)cc1. The normalized spacial score (nSPS) is 12.6. The zero-order chi connectivity index (χ0) is 42.1. The van der Waals surface area contributed by atoms with Gasteiger partial charge in [-0.15, -0.1) is 0 Å². The molecule has 0 saturated heterocycles. The summed E-state index contributed by atoms with van der Waals surface area (Å²) >= 11 is 0. The van der Waals surface area contributed by atoms with Crippen LogP contribution in [0.5, 0.6) is 0 Å². The van der Waals surface area contributed by atoms with Crippen molar-refractivity contribution in [1.29, 1.82) is 0 Å². The number of hydrogen-bond donors (Lipinski definition) is 0. The smallest absolute Gasteiger partial charge is 0.333 e. The van der Waals surface area contributed by atoms with Gasteiger partial charge in [-0.05, 0) is 110 Å². The Bertz CT molecular complexity index is 3530. The third-order valence-electron chi connectivity index (χ3n) is 13.2. The summed E-state index contributed by atoms with van der Waals surface area (Å²) in [4.78, 5) is 5.08. The third kappa shape index (κ3) is 5.77. The molecule has 3 nitrogen and oxygen atoms in total. The fourth-order valence-electron chi connectivity index (χ4n) is 10.3. The number of para-hydroxylation sites is 1. The fraction of sp³-hybridized carbons (Fsp3) is 0. The third-order valence-corrected chi connectivity index (χ3v) is 13.2. The van der Waals surface area contributed by atoms with Crippen LogP contribution in [0, 0.1) is 0 Å². The van der Waals surface area contributed by atoms with E-state index < -0.39 is 0 Å². The average molecular weight is 815 g/mol. The van der Waals surface area contributed by atoms with Crippen LogP contribution < -0.4 is 20.6 Å². The molecule has 2 aliphatic rings. The summed E-state index contributed by atoms with van der Waals surface area (Å²) in [6.07, 6.45) is 0. The number of furan rings is 1. The lowest BCUT2D eigenvalue weighted by Gasteiger charge is -2.46. The van der Waals surface area contributed by atoms with E-state index in [0.717, 1.165) is 50.4 Å². The van der Waals surface area contributed by atoms with Gasteiger partial charge >= 0.3 is 6.85 Å². The summed E-state index contributed by atoms with van der Waals surface area (Å²) in [5, 5.41) is 2.26. The van der Waals surface area contributed by atoms with Gasteiger partial charge in [0, 0.05) is 50.8 Å². The first-order valence-corrected chi connectivity index (χ1v) is 22.0. The largest absolute Gasteiger partial charge is 0.456 e. The summed E-state index contributed by atoms with van der Waals surface area (Å²) in [5.41, 5.74) is 21.8. The Kier molecular flexibility index (Phi) is 8.32. The summed E-state index contributed by atoms with van der Waals surface area (Å²) < 4.78 is 6.90. The second-order valence-corrected chi connectivity index (χ2v) is 16.8. The highest BCUT2D eigenvalue weighted by atomic mass is 16.3. The standard InChI is InChI=1S/C60H39BN2O/c1-5-15-40(16-6-1)44-25-31-48(32-26-44)62-54-36-30-47(43-21-11-4-12-22-43)38-52(54)61-60-55(62)39-57-58(50-23-13-14-24-56(50)64-57)59(60)51-37-46(42-19-9-3-10-20-42)29-35-53(51)63(61)49-33-27-45(28-34-49)41-17-7-2-8-18-41/h1-39H. The molecule has 0 radical (unpaired) electrons. The van der Waals surface area contributed by atoms with Crippen LogP contribution in [0.15, 0.2) is 241 Å². The van der Waals surface area contributed by atoms with E-state index >= 15 is 0 Å². The molecule has 3 heterocycles. The Morgan fingerprint density at radius 3 is 1.41 bits per heavy atom. The molecule has 0 atom stereocenters. The van der Waals surface area contributed by atoms with Gasteiger partial charge in [-0.3, -0.25) is 0 Å². The van der Waals surface area contributed by atoms with Gasteiger partial charge in [-0.25, -0.2) is 0 Å². The van der Waals surface area contributed by atoms with E-state index in [1.807, 2.05) is 0 Å². The van der Waals surface area contributed by atoms with Crippen LogP contribution in [0.3, 0.4) is 0 Å². The molecule has 0 fully saturated rings. The van der Waals surface area contributed by atoms with Gasteiger partial charge in [0.1, 0.15) is 11.2 Å². The molecule has 2 aliphatic heterocycles. The summed E-state index contributed by atoms with van der Waals surface area (Å²) in [5.74, 6) is 0. The van der Waals surface area contributed by atoms with Crippen molar-refractivity contribution >= 4 is 68.1 Å². The monoisotopic (exact) mass is 814 g/mol. The lowest BCUT2D eigenvalue weighted by atomic mass is 9.43. The Balaban J connectivity index is 1.14. The van der Waals surface area contributed by atoms with E-state index in [2.05, 4.69) is 246 Å². The predicted molar refractivity (Wildman–Crippen MR) is 269 cm³/mol. The molecule has 0 spiro atoms. The van der Waals surface area contributed by atoms with Crippen molar-refractivity contribution in [2.24, 2.45) is 0 Å². The fourth-order valence-corrected chi connectivity index (χ4v) is 10.3. The van der Waals surface area contributed by atoms with Crippen LogP contribution in [-0.4, -0.2) is 6.85 Å². The average Bonchev–Trinajstić information content (AvgIpc) is 3.75. The van der Waals surface area contributed by atoms with E-state index in [9.17, 15) is 0 Å². The van der Waals surface area contributed by atoms with Crippen molar-refractivity contribution in [1.82, 2.24) is 0 Å². The topological polar surface area (TPSA) is 19.6 Å². The minimum Gasteiger partial charge on any atom is -0.456 e. The van der Waals surface area contributed by atoms with E-state index in [-0.39, 0.29) is 6.85 Å². The quantitative estimate of drug-likeness (QED) is 0.156. The molecular weight excluding hydrogens is 775 g/mol. The van der Waals surface area contributed by atoms with Gasteiger partial charge in [-0.1, -0.05) is 182 Å². The maximum atomic E-state index is 6.90. The Hall–Kier alpha value is -8.34. The van der Waals surface area contributed by atoms with Crippen molar-refractivity contribution in [3.8, 4) is 55.6 Å². The van der Waals surface area contributed by atoms with Crippen LogP contribution in [-0.2, 0) is 0 Å². The van der Waals surface area contributed by atoms with E-state index in [1.165, 1.54) is 66.6 Å². The van der Waals surface area contributed by atoms with Gasteiger partial charge in [-0.2, -0.15) is 0 Å². The molecule has 0 amide bonds. The Morgan fingerprint density at radius 1 is 0.344 bits per heavy atom. The minimum absolute atomic E-state index is 0.181. The van der Waals surface area contributed by atoms with Crippen molar-refractivity contribution < 1.29 is 4.42 Å². The number of anilines is 5. The number of fused-ring (bicyclic) bond motifs is 8. The second-order valence-electron chi connectivity index (χ2n) is 16.8. The number of benzene rings is 10. The van der Waals surface area contributed by atoms with Crippen molar-refractivity contribution in [3.63, 3.8) is 0 Å². The molecule has 64 heavy (non-hydrogen) atoms. The lowest BCUT2D eigenvalue weighted by Crippen LogP contribution is -2.61. The maximum absolute atomic E-state index is 6.90. The summed E-state index contributed by atoms with van der Waals surface area (Å²) in [6.45, 7) is -0.181. The molecule has 0 saturated carbocycles. The maximum Gasteiger partial charge on any atom is 0.333 e. The molecule has 13 rings (SSSR count). The first-order chi connectivity index (χ1) is 31.7. The molecule has 4 heteroatoms. The van der Waals surface area contributed by atoms with Crippen LogP contribution in [0.2, 0.25) is 0 Å². The van der Waals surface area contributed by atoms with Crippen LogP contribution in [0.1, 0.15) is 0 Å². The number of rotatable bonds is 6. The molecule has 11 aromatic rings. The van der Waals surface area contributed by atoms with Crippen molar-refractivity contribution in [2.45, 2.75) is 0 Å². The van der Waals surface area contributed by atoms with Gasteiger partial charge in [0.15, 0.2) is 0 Å². The molecular formula is C60H39BN2O. The van der Waals surface area contributed by atoms with Gasteiger partial charge < -0.3 is 14.1 Å². The summed E-state index contributed by atoms with van der Waals surface area (Å²) in [7, 11) is 0. The Labute approximate surface area is 372 Å². The highest BCUT2D eigenvalue weighted by Crippen LogP contribution is 2.52. The van der Waals surface area contributed by atoms with Crippen LogP contribution in [0.25, 0.3) is 77.6 Å². The zero-order valence-corrected chi connectivity index (χ0v) is 34.9. The van der Waals surface area contributed by atoms with Crippen molar-refractivity contribution in [3.05, 3.63) is 237 Å². The lowest BCUT2D eigenvalue weighted by molar-refractivity contribution is 0.669. The van der Waals surface area contributed by atoms with E-state index in [0.29, 0.717) is 0 Å². The molecule has 10 aromatic carbocycles. The van der Waals surface area contributed by atoms with E-state index in [1.54, 1.807) is 0 Å². The highest BCUT2D eigenvalue weighted by molar-refractivity contribution is 6.94. The highest BCUT2D eigenvalue weighted by Gasteiger charge is 2.46. The van der Waals surface area contributed by atoms with Gasteiger partial charge in [0.25, 0.3) is 0 Å². The Morgan fingerprint density at radius 2 is 0.812 bits per heavy atom. The first-order valence-electron chi connectivity index (χ1n) is 22.0. The second kappa shape index (κ2) is 14.6. The van der Waals surface area contributed by atoms with Crippen LogP contribution >= 0.6 is 0 Å². The number of hydrogen-bond acceptors (Lipinski definition) is 3. The van der Waals surface area contributed by atoms with Gasteiger partial charge in [0.05, 0.1) is 0 Å². The zero-order valence-electron chi connectivity index (χ0n) is 34.9. The molecule has 0 unspecified atom stereocenters. The van der Waals surface area contributed by atoms with Crippen molar-refractivity contribution in [2.75, 3.05) is 9.71 Å². The molecule has 1 aromatic heterocycles. The van der Waals surface area contributed by atoms with E-state index in [4.69, 9.17) is 4.42 Å². The van der Waals surface area contributed by atoms with Crippen LogP contribution in [0.4, 0.5) is 28.4 Å². The summed E-state index contributed by atoms with van der Waals surface area (Å²) in [6, 6.07) is 86.0. The predicted octanol–water partition coefficient (Wildman–Crippen LogP) is 15.0. The number of nitrogens with zero attached hydrogens (tertiary/aromatic N) is 2.